The maximum absolute atomic E-state index is 6.84. The molecule has 4 bridgehead atoms. The molecule has 11 heteroatoms. The maximum Gasteiger partial charge on any atom is 0.272 e. The lowest BCUT2D eigenvalue weighted by Gasteiger charge is -2.60. The molecule has 0 radical (unpaired) electrons. The van der Waals surface area contributed by atoms with Crippen molar-refractivity contribution in [2.24, 2.45) is 0 Å². The molecule has 4 unspecified atom stereocenters. The third-order valence-electron chi connectivity index (χ3n) is 6.92. The topological polar surface area (TPSA) is 92.3 Å². The van der Waals surface area contributed by atoms with E-state index in [0.29, 0.717) is 52.9 Å². The van der Waals surface area contributed by atoms with Gasteiger partial charge >= 0.3 is 0 Å². The average molecular weight is 509 g/mol. The highest BCUT2D eigenvalue weighted by atomic mass is 28.4. The van der Waals surface area contributed by atoms with Crippen LogP contribution in [0.3, 0.4) is 0 Å². The fourth-order valence-corrected chi connectivity index (χ4v) is 5.37. The number of hydrogen-bond donors (Lipinski definition) is 0. The molecule has 4 aliphatic rings. The Balaban J connectivity index is 1.67. The largest absolute Gasteiger partial charge is 0.408 e. The standard InChI is InChI=1S/C23H44O10Si/c1-23(2,3)34(6,7)33-21-19-16(28-14-12-26-10-8-24-4)18-17(20(21)32-22(30-18)31-19)29-15-13-27-11-9-25-5/h16-22H,8-15H2,1-7H3/t16?,17?,18-,19-,20?,21+,22?/m1/s1. The van der Waals surface area contributed by atoms with Gasteiger partial charge in [0.1, 0.15) is 36.6 Å². The van der Waals surface area contributed by atoms with Crippen LogP contribution < -0.4 is 0 Å². The van der Waals surface area contributed by atoms with Crippen LogP contribution in [0.4, 0.5) is 0 Å². The van der Waals surface area contributed by atoms with E-state index in [2.05, 4.69) is 33.9 Å². The molecule has 1 saturated carbocycles. The quantitative estimate of drug-likeness (QED) is 0.228. The summed E-state index contributed by atoms with van der Waals surface area (Å²) in [7, 11) is 1.18. The Kier molecular flexibility index (Phi) is 10.7. The van der Waals surface area contributed by atoms with Crippen LogP contribution in [0.15, 0.2) is 0 Å². The van der Waals surface area contributed by atoms with Crippen molar-refractivity contribution in [3.05, 3.63) is 0 Å². The highest BCUT2D eigenvalue weighted by molar-refractivity contribution is 6.74. The Bertz CT molecular complexity index is 567. The van der Waals surface area contributed by atoms with Crippen LogP contribution in [-0.2, 0) is 47.1 Å². The Morgan fingerprint density at radius 1 is 0.618 bits per heavy atom. The number of hydrogen-bond acceptors (Lipinski definition) is 10. The van der Waals surface area contributed by atoms with Crippen LogP contribution in [0.5, 0.6) is 0 Å². The van der Waals surface area contributed by atoms with Crippen molar-refractivity contribution >= 4 is 8.32 Å². The van der Waals surface area contributed by atoms with E-state index in [1.807, 2.05) is 0 Å². The predicted molar refractivity (Wildman–Crippen MR) is 125 cm³/mol. The van der Waals surface area contributed by atoms with E-state index >= 15 is 0 Å². The van der Waals surface area contributed by atoms with E-state index in [0.717, 1.165) is 0 Å². The molecule has 0 amide bonds. The maximum atomic E-state index is 6.84. The van der Waals surface area contributed by atoms with E-state index in [-0.39, 0.29) is 41.7 Å². The second-order valence-electron chi connectivity index (χ2n) is 10.3. The van der Waals surface area contributed by atoms with Crippen molar-refractivity contribution in [1.82, 2.24) is 0 Å². The van der Waals surface area contributed by atoms with Crippen LogP contribution in [0, 0.1) is 0 Å². The molecule has 4 rings (SSSR count). The lowest BCUT2D eigenvalue weighted by Crippen LogP contribution is -2.77. The monoisotopic (exact) mass is 508 g/mol. The Hall–Kier alpha value is -0.183. The van der Waals surface area contributed by atoms with E-state index in [4.69, 9.17) is 47.1 Å². The van der Waals surface area contributed by atoms with Crippen molar-refractivity contribution in [1.29, 1.82) is 0 Å². The van der Waals surface area contributed by atoms with Gasteiger partial charge in [0.15, 0.2) is 8.32 Å². The van der Waals surface area contributed by atoms with Crippen molar-refractivity contribution in [2.75, 3.05) is 67.1 Å². The summed E-state index contributed by atoms with van der Waals surface area (Å²) >= 11 is 0. The molecule has 34 heavy (non-hydrogen) atoms. The Labute approximate surface area is 204 Å². The summed E-state index contributed by atoms with van der Waals surface area (Å²) in [4.78, 5) is 0. The molecule has 1 aliphatic carbocycles. The van der Waals surface area contributed by atoms with Gasteiger partial charge in [-0.25, -0.2) is 0 Å². The summed E-state index contributed by atoms with van der Waals surface area (Å²) in [6.07, 6.45) is -1.93. The normalized spacial score (nSPS) is 33.1. The zero-order chi connectivity index (χ0) is 24.8. The highest BCUT2D eigenvalue weighted by Gasteiger charge is 2.64. The zero-order valence-electron chi connectivity index (χ0n) is 21.8. The smallest absolute Gasteiger partial charge is 0.272 e. The summed E-state index contributed by atoms with van der Waals surface area (Å²) in [5.74, 6) is 0. The van der Waals surface area contributed by atoms with Crippen LogP contribution in [0.25, 0.3) is 0 Å². The minimum atomic E-state index is -2.12. The second-order valence-corrected chi connectivity index (χ2v) is 15.1. The first-order chi connectivity index (χ1) is 16.2. The van der Waals surface area contributed by atoms with Gasteiger partial charge in [0, 0.05) is 14.2 Å². The molecule has 7 atom stereocenters. The minimum absolute atomic E-state index is 0.0370. The molecule has 0 N–H and O–H groups in total. The molecule has 3 heterocycles. The van der Waals surface area contributed by atoms with E-state index in [1.54, 1.807) is 14.2 Å². The number of ether oxygens (including phenoxy) is 9. The lowest BCUT2D eigenvalue weighted by atomic mass is 9.82. The van der Waals surface area contributed by atoms with Crippen LogP contribution in [0.1, 0.15) is 20.8 Å². The zero-order valence-corrected chi connectivity index (χ0v) is 22.8. The summed E-state index contributed by atoms with van der Waals surface area (Å²) in [6, 6.07) is 0. The number of rotatable bonds is 16. The molecule has 4 fully saturated rings. The van der Waals surface area contributed by atoms with Crippen molar-refractivity contribution < 1.29 is 47.1 Å². The molecule has 3 aliphatic heterocycles. The predicted octanol–water partition coefficient (Wildman–Crippen LogP) is 1.95. The van der Waals surface area contributed by atoms with Crippen molar-refractivity contribution in [3.63, 3.8) is 0 Å². The summed E-state index contributed by atoms with van der Waals surface area (Å²) in [6.45, 7) is 14.3. The molecule has 3 saturated heterocycles. The highest BCUT2D eigenvalue weighted by Crippen LogP contribution is 2.46. The Morgan fingerprint density at radius 3 is 1.44 bits per heavy atom. The molecule has 200 valence electrons. The minimum Gasteiger partial charge on any atom is -0.408 e. The third kappa shape index (κ3) is 6.98. The van der Waals surface area contributed by atoms with Gasteiger partial charge in [-0.05, 0) is 18.1 Å². The molecular formula is C23H44O10Si. The Morgan fingerprint density at radius 2 is 1.03 bits per heavy atom. The summed E-state index contributed by atoms with van der Waals surface area (Å²) in [5, 5.41) is 0.0370. The molecule has 0 spiro atoms. The van der Waals surface area contributed by atoms with Crippen molar-refractivity contribution in [2.45, 2.75) is 82.0 Å². The fourth-order valence-electron chi connectivity index (χ4n) is 4.07. The molecule has 10 nitrogen and oxygen atoms in total. The molecular weight excluding hydrogens is 464 g/mol. The lowest BCUT2D eigenvalue weighted by molar-refractivity contribution is -0.484. The van der Waals surface area contributed by atoms with E-state index < -0.39 is 14.8 Å². The molecule has 0 aromatic carbocycles. The van der Waals surface area contributed by atoms with Crippen LogP contribution >= 0.6 is 0 Å². The first-order valence-corrected chi connectivity index (χ1v) is 15.1. The third-order valence-corrected chi connectivity index (χ3v) is 11.4. The molecule has 0 aromatic heterocycles. The summed E-state index contributed by atoms with van der Waals surface area (Å²) in [5.41, 5.74) is 0. The number of methoxy groups -OCH3 is 2. The molecule has 0 aromatic rings. The van der Waals surface area contributed by atoms with Gasteiger partial charge in [-0.3, -0.25) is 0 Å². The van der Waals surface area contributed by atoms with Crippen LogP contribution in [0.2, 0.25) is 18.1 Å². The summed E-state index contributed by atoms with van der Waals surface area (Å²) < 4.78 is 58.7. The first-order valence-electron chi connectivity index (χ1n) is 12.2. The van der Waals surface area contributed by atoms with Gasteiger partial charge in [0.25, 0.3) is 6.48 Å². The van der Waals surface area contributed by atoms with Gasteiger partial charge in [-0.15, -0.1) is 0 Å². The fraction of sp³-hybridized carbons (Fsp3) is 1.00. The van der Waals surface area contributed by atoms with Gasteiger partial charge in [-0.2, -0.15) is 0 Å². The van der Waals surface area contributed by atoms with E-state index in [1.165, 1.54) is 0 Å². The van der Waals surface area contributed by atoms with Gasteiger partial charge in [0.2, 0.25) is 0 Å². The van der Waals surface area contributed by atoms with Gasteiger partial charge in [-0.1, -0.05) is 20.8 Å². The second kappa shape index (κ2) is 12.9. The first kappa shape index (κ1) is 28.4. The van der Waals surface area contributed by atoms with E-state index in [9.17, 15) is 0 Å². The van der Waals surface area contributed by atoms with Crippen LogP contribution in [-0.4, -0.2) is 118 Å². The SMILES string of the molecule is COCCOCCOC1C2OC3O[C@@H]1C(OCCOCCOC)[C@@H](O3)[C@@H]2O[Si](C)(C)C(C)(C)C. The van der Waals surface area contributed by atoms with Crippen molar-refractivity contribution in [3.8, 4) is 0 Å². The van der Waals surface area contributed by atoms with Gasteiger partial charge < -0.3 is 47.1 Å². The average Bonchev–Trinajstić information content (AvgIpc) is 2.77. The van der Waals surface area contributed by atoms with Gasteiger partial charge in [0.05, 0.1) is 52.9 Å².